The Balaban J connectivity index is 2.76. The predicted molar refractivity (Wildman–Crippen MR) is 83.1 cm³/mol. The van der Waals surface area contributed by atoms with Crippen LogP contribution in [0.3, 0.4) is 0 Å². The highest BCUT2D eigenvalue weighted by molar-refractivity contribution is 7.92. The van der Waals surface area contributed by atoms with Gasteiger partial charge in [0.25, 0.3) is 5.91 Å². The first kappa shape index (κ1) is 18.0. The van der Waals surface area contributed by atoms with Gasteiger partial charge in [-0.3, -0.25) is 9.52 Å². The number of sulfonamides is 1. The molecule has 1 aromatic rings. The lowest BCUT2D eigenvalue weighted by Gasteiger charge is -2.20. The van der Waals surface area contributed by atoms with Crippen LogP contribution in [0.25, 0.3) is 0 Å². The maximum absolute atomic E-state index is 12.0. The van der Waals surface area contributed by atoms with Crippen molar-refractivity contribution in [2.75, 3.05) is 17.6 Å². The van der Waals surface area contributed by atoms with Crippen LogP contribution in [0.4, 0.5) is 5.69 Å². The number of carbonyl (C=O) groups is 2. The van der Waals surface area contributed by atoms with E-state index in [0.717, 1.165) is 6.26 Å². The molecule has 7 nitrogen and oxygen atoms in total. The summed E-state index contributed by atoms with van der Waals surface area (Å²) in [5, 5.41) is 2.65. The third-order valence-corrected chi connectivity index (χ3v) is 2.88. The van der Waals surface area contributed by atoms with Crippen LogP contribution in [0.5, 0.6) is 0 Å². The third-order valence-electron chi connectivity index (χ3n) is 2.29. The molecule has 0 fully saturated rings. The number of para-hydroxylation sites is 1. The number of rotatable bonds is 5. The van der Waals surface area contributed by atoms with Crippen molar-refractivity contribution < 1.29 is 22.7 Å². The lowest BCUT2D eigenvalue weighted by molar-refractivity contribution is -0.125. The predicted octanol–water partition coefficient (Wildman–Crippen LogP) is 1.13. The van der Waals surface area contributed by atoms with E-state index in [9.17, 15) is 18.0 Å². The maximum atomic E-state index is 12.0. The van der Waals surface area contributed by atoms with Crippen molar-refractivity contribution in [2.24, 2.45) is 0 Å². The molecule has 22 heavy (non-hydrogen) atoms. The lowest BCUT2D eigenvalue weighted by Crippen LogP contribution is -2.42. The Hall–Kier alpha value is -2.09. The van der Waals surface area contributed by atoms with E-state index in [4.69, 9.17) is 4.74 Å². The van der Waals surface area contributed by atoms with Crippen molar-refractivity contribution in [1.29, 1.82) is 0 Å². The second kappa shape index (κ2) is 6.78. The third kappa shape index (κ3) is 6.57. The quantitative estimate of drug-likeness (QED) is 0.789. The number of ether oxygens (including phenoxy) is 1. The second-order valence-electron chi connectivity index (χ2n) is 5.79. The summed E-state index contributed by atoms with van der Waals surface area (Å²) in [7, 11) is -3.53. The highest BCUT2D eigenvalue weighted by Crippen LogP contribution is 2.17. The SMILES string of the molecule is CC(C)(C)NC(=O)COC(=O)c1ccccc1NS(C)(=O)=O. The molecule has 0 saturated carbocycles. The molecule has 0 aromatic heterocycles. The van der Waals surface area contributed by atoms with Gasteiger partial charge >= 0.3 is 5.97 Å². The van der Waals surface area contributed by atoms with Crippen molar-refractivity contribution in [3.8, 4) is 0 Å². The molecule has 1 rings (SSSR count). The number of hydrogen-bond donors (Lipinski definition) is 2. The largest absolute Gasteiger partial charge is 0.452 e. The molecular weight excluding hydrogens is 308 g/mol. The fourth-order valence-corrected chi connectivity index (χ4v) is 2.19. The van der Waals surface area contributed by atoms with Crippen LogP contribution < -0.4 is 10.0 Å². The summed E-state index contributed by atoms with van der Waals surface area (Å²) < 4.78 is 29.7. The summed E-state index contributed by atoms with van der Waals surface area (Å²) in [6.07, 6.45) is 0.978. The van der Waals surface area contributed by atoms with E-state index in [0.29, 0.717) is 0 Å². The van der Waals surface area contributed by atoms with E-state index in [1.807, 2.05) is 0 Å². The minimum Gasteiger partial charge on any atom is -0.452 e. The Kier molecular flexibility index (Phi) is 5.54. The molecule has 1 amide bonds. The van der Waals surface area contributed by atoms with E-state index in [1.165, 1.54) is 12.1 Å². The van der Waals surface area contributed by atoms with Gasteiger partial charge < -0.3 is 10.1 Å². The van der Waals surface area contributed by atoms with Gasteiger partial charge in [-0.2, -0.15) is 0 Å². The first-order chi connectivity index (χ1) is 9.98. The van der Waals surface area contributed by atoms with Gasteiger partial charge in [0, 0.05) is 5.54 Å². The Morgan fingerprint density at radius 1 is 1.18 bits per heavy atom. The Bertz CT molecular complexity index is 662. The molecule has 0 saturated heterocycles. The highest BCUT2D eigenvalue weighted by atomic mass is 32.2. The molecule has 8 heteroatoms. The number of nitrogens with one attached hydrogen (secondary N) is 2. The number of anilines is 1. The molecule has 0 bridgehead atoms. The van der Waals surface area contributed by atoms with Gasteiger partial charge in [0.1, 0.15) is 0 Å². The van der Waals surface area contributed by atoms with Gasteiger partial charge in [-0.25, -0.2) is 13.2 Å². The summed E-state index contributed by atoms with van der Waals surface area (Å²) >= 11 is 0. The normalized spacial score (nSPS) is 11.6. The molecule has 0 atom stereocenters. The molecule has 0 aliphatic carbocycles. The number of amides is 1. The minimum absolute atomic E-state index is 0.0384. The van der Waals surface area contributed by atoms with Crippen molar-refractivity contribution in [1.82, 2.24) is 5.32 Å². The number of esters is 1. The zero-order valence-electron chi connectivity index (χ0n) is 13.0. The van der Waals surface area contributed by atoms with Crippen LogP contribution in [0.1, 0.15) is 31.1 Å². The van der Waals surface area contributed by atoms with E-state index in [-0.39, 0.29) is 11.3 Å². The van der Waals surface area contributed by atoms with Crippen LogP contribution in [-0.4, -0.2) is 38.7 Å². The summed E-state index contributed by atoms with van der Waals surface area (Å²) in [6, 6.07) is 6.00. The van der Waals surface area contributed by atoms with Crippen LogP contribution in [0, 0.1) is 0 Å². The monoisotopic (exact) mass is 328 g/mol. The maximum Gasteiger partial charge on any atom is 0.340 e. The molecule has 2 N–H and O–H groups in total. The van der Waals surface area contributed by atoms with Gasteiger partial charge in [0.15, 0.2) is 6.61 Å². The van der Waals surface area contributed by atoms with Gasteiger partial charge in [0.05, 0.1) is 17.5 Å². The molecular formula is C14H20N2O5S. The van der Waals surface area contributed by atoms with Crippen molar-refractivity contribution in [2.45, 2.75) is 26.3 Å². The van der Waals surface area contributed by atoms with E-state index >= 15 is 0 Å². The first-order valence-corrected chi connectivity index (χ1v) is 8.42. The van der Waals surface area contributed by atoms with Crippen molar-refractivity contribution in [3.05, 3.63) is 29.8 Å². The molecule has 122 valence electrons. The number of benzene rings is 1. The van der Waals surface area contributed by atoms with Crippen LogP contribution in [-0.2, 0) is 19.6 Å². The highest BCUT2D eigenvalue weighted by Gasteiger charge is 2.18. The molecule has 0 heterocycles. The van der Waals surface area contributed by atoms with Gasteiger partial charge in [0.2, 0.25) is 10.0 Å². The summed E-state index contributed by atoms with van der Waals surface area (Å²) in [5.74, 6) is -1.22. The molecule has 0 spiro atoms. The van der Waals surface area contributed by atoms with E-state index in [2.05, 4.69) is 10.0 Å². The van der Waals surface area contributed by atoms with Crippen molar-refractivity contribution in [3.63, 3.8) is 0 Å². The summed E-state index contributed by atoms with van der Waals surface area (Å²) in [4.78, 5) is 23.6. The average molecular weight is 328 g/mol. The molecule has 1 aromatic carbocycles. The standard InChI is InChI=1S/C14H20N2O5S/c1-14(2,3)15-12(17)9-21-13(18)10-7-5-6-8-11(10)16-22(4,19)20/h5-8,16H,9H2,1-4H3,(H,15,17). The zero-order valence-corrected chi connectivity index (χ0v) is 13.8. The smallest absolute Gasteiger partial charge is 0.340 e. The molecule has 0 unspecified atom stereocenters. The second-order valence-corrected chi connectivity index (χ2v) is 7.54. The van der Waals surface area contributed by atoms with Gasteiger partial charge in [-0.05, 0) is 32.9 Å². The van der Waals surface area contributed by atoms with Gasteiger partial charge in [-0.1, -0.05) is 12.1 Å². The fraction of sp³-hybridized carbons (Fsp3) is 0.429. The van der Waals surface area contributed by atoms with Crippen LogP contribution in [0.2, 0.25) is 0 Å². The Labute approximate surface area is 130 Å². The average Bonchev–Trinajstić information content (AvgIpc) is 2.32. The molecule has 0 aliphatic rings. The first-order valence-electron chi connectivity index (χ1n) is 6.53. The Morgan fingerprint density at radius 3 is 2.32 bits per heavy atom. The zero-order chi connectivity index (χ0) is 17.0. The van der Waals surface area contributed by atoms with Crippen LogP contribution >= 0.6 is 0 Å². The summed E-state index contributed by atoms with van der Waals surface area (Å²) in [5.41, 5.74) is -0.290. The molecule has 0 aliphatic heterocycles. The lowest BCUT2D eigenvalue weighted by atomic mass is 10.1. The number of hydrogen-bond acceptors (Lipinski definition) is 5. The summed E-state index contributed by atoms with van der Waals surface area (Å²) in [6.45, 7) is 4.97. The fourth-order valence-electron chi connectivity index (χ4n) is 1.61. The van der Waals surface area contributed by atoms with E-state index in [1.54, 1.807) is 32.9 Å². The van der Waals surface area contributed by atoms with Crippen LogP contribution in [0.15, 0.2) is 24.3 Å². The van der Waals surface area contributed by atoms with Crippen molar-refractivity contribution >= 4 is 27.6 Å². The Morgan fingerprint density at radius 2 is 1.77 bits per heavy atom. The van der Waals surface area contributed by atoms with E-state index < -0.39 is 34.0 Å². The molecule has 0 radical (unpaired) electrons. The minimum atomic E-state index is -3.53. The number of carbonyl (C=O) groups excluding carboxylic acids is 2. The van der Waals surface area contributed by atoms with Gasteiger partial charge in [-0.15, -0.1) is 0 Å². The topological polar surface area (TPSA) is 102 Å².